The van der Waals surface area contributed by atoms with Crippen LogP contribution in [0.4, 0.5) is 5.82 Å². The third-order valence-electron chi connectivity index (χ3n) is 4.95. The molecule has 0 aromatic carbocycles. The summed E-state index contributed by atoms with van der Waals surface area (Å²) in [4.78, 5) is 9.59. The average molecular weight is 289 g/mol. The number of hydrogen-bond donors (Lipinski definition) is 1. The third kappa shape index (κ3) is 3.55. The molecule has 0 unspecified atom stereocenters. The van der Waals surface area contributed by atoms with Crippen LogP contribution in [-0.2, 0) is 0 Å². The van der Waals surface area contributed by atoms with Crippen LogP contribution in [0, 0.1) is 0 Å². The topological polar surface area (TPSA) is 39.6 Å². The summed E-state index contributed by atoms with van der Waals surface area (Å²) < 4.78 is 0. The molecule has 3 rings (SSSR count). The summed E-state index contributed by atoms with van der Waals surface area (Å²) in [6.45, 7) is 6.57. The molecule has 1 aromatic rings. The second kappa shape index (κ2) is 6.75. The highest BCUT2D eigenvalue weighted by atomic mass is 16.3. The van der Waals surface area contributed by atoms with E-state index >= 15 is 0 Å². The van der Waals surface area contributed by atoms with Crippen molar-refractivity contribution in [2.24, 2.45) is 0 Å². The van der Waals surface area contributed by atoms with Crippen molar-refractivity contribution in [3.8, 4) is 0 Å². The van der Waals surface area contributed by atoms with Crippen molar-refractivity contribution in [3.63, 3.8) is 0 Å². The Bertz CT molecular complexity index is 432. The van der Waals surface area contributed by atoms with E-state index in [1.165, 1.54) is 45.2 Å². The first-order chi connectivity index (χ1) is 10.2. The molecule has 0 bridgehead atoms. The number of piperidine rings is 2. The van der Waals surface area contributed by atoms with E-state index in [1.54, 1.807) is 13.1 Å². The molecule has 4 nitrogen and oxygen atoms in total. The van der Waals surface area contributed by atoms with Gasteiger partial charge in [-0.05, 0) is 57.3 Å². The number of aliphatic hydroxyl groups is 1. The number of hydrogen-bond acceptors (Lipinski definition) is 4. The van der Waals surface area contributed by atoms with Gasteiger partial charge in [-0.2, -0.15) is 0 Å². The minimum absolute atomic E-state index is 0.434. The molecule has 21 heavy (non-hydrogen) atoms. The van der Waals surface area contributed by atoms with Gasteiger partial charge < -0.3 is 14.9 Å². The van der Waals surface area contributed by atoms with Gasteiger partial charge in [0.1, 0.15) is 5.82 Å². The second-order valence-electron chi connectivity index (χ2n) is 6.44. The SMILES string of the molecule is C[C@@H](O)c1ccc(N2CCC(N3CCCCC3)CC2)nc1. The number of pyridine rings is 1. The molecule has 2 fully saturated rings. The first kappa shape index (κ1) is 14.8. The number of aliphatic hydroxyl groups excluding tert-OH is 1. The monoisotopic (exact) mass is 289 g/mol. The predicted octanol–water partition coefficient (Wildman–Crippen LogP) is 2.59. The van der Waals surface area contributed by atoms with Gasteiger partial charge in [-0.1, -0.05) is 12.5 Å². The van der Waals surface area contributed by atoms with Gasteiger partial charge in [0.2, 0.25) is 0 Å². The van der Waals surface area contributed by atoms with Crippen LogP contribution in [0.5, 0.6) is 0 Å². The lowest BCUT2D eigenvalue weighted by molar-refractivity contribution is 0.141. The molecule has 1 atom stereocenters. The Morgan fingerprint density at radius 2 is 1.81 bits per heavy atom. The fraction of sp³-hybridized carbons (Fsp3) is 0.706. The summed E-state index contributed by atoms with van der Waals surface area (Å²) in [5, 5.41) is 9.54. The predicted molar refractivity (Wildman–Crippen MR) is 85.5 cm³/mol. The molecule has 2 saturated heterocycles. The van der Waals surface area contributed by atoms with Crippen molar-refractivity contribution < 1.29 is 5.11 Å². The van der Waals surface area contributed by atoms with Crippen LogP contribution >= 0.6 is 0 Å². The Kier molecular flexibility index (Phi) is 4.76. The zero-order valence-electron chi connectivity index (χ0n) is 13.0. The highest BCUT2D eigenvalue weighted by molar-refractivity contribution is 5.40. The maximum absolute atomic E-state index is 9.54. The highest BCUT2D eigenvalue weighted by Crippen LogP contribution is 2.24. The van der Waals surface area contributed by atoms with Gasteiger partial charge in [0.25, 0.3) is 0 Å². The Balaban J connectivity index is 1.55. The summed E-state index contributed by atoms with van der Waals surface area (Å²) in [6.07, 6.45) is 8.03. The zero-order valence-corrected chi connectivity index (χ0v) is 13.0. The van der Waals surface area contributed by atoms with E-state index in [9.17, 15) is 5.11 Å². The number of anilines is 1. The Morgan fingerprint density at radius 3 is 2.38 bits per heavy atom. The first-order valence-corrected chi connectivity index (χ1v) is 8.37. The second-order valence-corrected chi connectivity index (χ2v) is 6.44. The molecule has 1 N–H and O–H groups in total. The summed E-state index contributed by atoms with van der Waals surface area (Å²) in [5.41, 5.74) is 0.891. The average Bonchev–Trinajstić information content (AvgIpc) is 2.56. The van der Waals surface area contributed by atoms with Gasteiger partial charge in [0.15, 0.2) is 0 Å². The van der Waals surface area contributed by atoms with E-state index < -0.39 is 6.10 Å². The van der Waals surface area contributed by atoms with Crippen LogP contribution in [0.1, 0.15) is 50.7 Å². The van der Waals surface area contributed by atoms with Crippen LogP contribution < -0.4 is 4.90 Å². The van der Waals surface area contributed by atoms with Gasteiger partial charge >= 0.3 is 0 Å². The molecule has 2 aliphatic rings. The molecule has 116 valence electrons. The van der Waals surface area contributed by atoms with E-state index in [0.29, 0.717) is 0 Å². The van der Waals surface area contributed by atoms with Crippen LogP contribution in [0.3, 0.4) is 0 Å². The van der Waals surface area contributed by atoms with Crippen LogP contribution in [0.25, 0.3) is 0 Å². The lowest BCUT2D eigenvalue weighted by Gasteiger charge is -2.40. The summed E-state index contributed by atoms with van der Waals surface area (Å²) in [6, 6.07) is 4.81. The van der Waals surface area contributed by atoms with Crippen molar-refractivity contribution in [2.75, 3.05) is 31.1 Å². The fourth-order valence-corrected chi connectivity index (χ4v) is 3.58. The number of rotatable bonds is 3. The standard InChI is InChI=1S/C17H27N3O/c1-14(21)15-5-6-17(18-13-15)20-11-7-16(8-12-20)19-9-3-2-4-10-19/h5-6,13-14,16,21H,2-4,7-12H2,1H3/t14-/m1/s1. The van der Waals surface area contributed by atoms with Gasteiger partial charge in [0.05, 0.1) is 6.10 Å². The minimum Gasteiger partial charge on any atom is -0.389 e. The minimum atomic E-state index is -0.434. The van der Waals surface area contributed by atoms with Gasteiger partial charge in [-0.3, -0.25) is 0 Å². The Morgan fingerprint density at radius 1 is 1.10 bits per heavy atom. The van der Waals surface area contributed by atoms with Crippen molar-refractivity contribution in [1.82, 2.24) is 9.88 Å². The third-order valence-corrected chi connectivity index (χ3v) is 4.95. The molecule has 0 amide bonds. The van der Waals surface area contributed by atoms with E-state index in [2.05, 4.69) is 14.8 Å². The maximum Gasteiger partial charge on any atom is 0.128 e. The van der Waals surface area contributed by atoms with Crippen LogP contribution in [0.2, 0.25) is 0 Å². The maximum atomic E-state index is 9.54. The van der Waals surface area contributed by atoms with E-state index in [0.717, 1.165) is 30.5 Å². The van der Waals surface area contributed by atoms with Gasteiger partial charge in [-0.15, -0.1) is 0 Å². The molecule has 0 spiro atoms. The first-order valence-electron chi connectivity index (χ1n) is 8.37. The zero-order chi connectivity index (χ0) is 14.7. The lowest BCUT2D eigenvalue weighted by atomic mass is 10.00. The number of aromatic nitrogens is 1. The van der Waals surface area contributed by atoms with Gasteiger partial charge in [0, 0.05) is 25.3 Å². The van der Waals surface area contributed by atoms with Gasteiger partial charge in [-0.25, -0.2) is 4.98 Å². The van der Waals surface area contributed by atoms with Crippen molar-refractivity contribution in [2.45, 2.75) is 51.2 Å². The highest BCUT2D eigenvalue weighted by Gasteiger charge is 2.25. The van der Waals surface area contributed by atoms with Crippen molar-refractivity contribution >= 4 is 5.82 Å². The normalized spacial score (nSPS) is 23.2. The van der Waals surface area contributed by atoms with Crippen molar-refractivity contribution in [3.05, 3.63) is 23.9 Å². The molecular weight excluding hydrogens is 262 g/mol. The summed E-state index contributed by atoms with van der Waals surface area (Å²) >= 11 is 0. The lowest BCUT2D eigenvalue weighted by Crippen LogP contribution is -2.46. The largest absolute Gasteiger partial charge is 0.389 e. The Labute approximate surface area is 127 Å². The van der Waals surface area contributed by atoms with E-state index in [-0.39, 0.29) is 0 Å². The smallest absolute Gasteiger partial charge is 0.128 e. The quantitative estimate of drug-likeness (QED) is 0.928. The summed E-state index contributed by atoms with van der Waals surface area (Å²) in [5.74, 6) is 1.05. The number of nitrogens with zero attached hydrogens (tertiary/aromatic N) is 3. The fourth-order valence-electron chi connectivity index (χ4n) is 3.58. The molecule has 2 aliphatic heterocycles. The molecule has 0 aliphatic carbocycles. The molecule has 4 heteroatoms. The Hall–Kier alpha value is -1.13. The molecule has 1 aromatic heterocycles. The van der Waals surface area contributed by atoms with Crippen molar-refractivity contribution in [1.29, 1.82) is 0 Å². The molecular formula is C17H27N3O. The van der Waals surface area contributed by atoms with E-state index in [4.69, 9.17) is 0 Å². The van der Waals surface area contributed by atoms with E-state index in [1.807, 2.05) is 12.1 Å². The molecule has 0 radical (unpaired) electrons. The summed E-state index contributed by atoms with van der Waals surface area (Å²) in [7, 11) is 0. The van der Waals surface area contributed by atoms with Crippen LogP contribution in [-0.4, -0.2) is 47.2 Å². The molecule has 3 heterocycles. The number of likely N-dealkylation sites (tertiary alicyclic amines) is 1. The molecule has 0 saturated carbocycles. The van der Waals surface area contributed by atoms with Crippen LogP contribution in [0.15, 0.2) is 18.3 Å².